The van der Waals surface area contributed by atoms with Gasteiger partial charge in [0.15, 0.2) is 0 Å². The molecule has 1 amide bonds. The molecule has 4 aliphatic rings. The predicted molar refractivity (Wildman–Crippen MR) is 110 cm³/mol. The van der Waals surface area contributed by atoms with Crippen molar-refractivity contribution in [3.8, 4) is 0 Å². The van der Waals surface area contributed by atoms with Crippen LogP contribution in [0.1, 0.15) is 58.3 Å². The first-order valence-electron chi connectivity index (χ1n) is 11.0. The smallest absolute Gasteiger partial charge is 0.301 e. The summed E-state index contributed by atoms with van der Waals surface area (Å²) >= 11 is 0. The van der Waals surface area contributed by atoms with Gasteiger partial charge in [0, 0.05) is 24.7 Å². The van der Waals surface area contributed by atoms with E-state index >= 15 is 0 Å². The van der Waals surface area contributed by atoms with E-state index in [1.165, 1.54) is 30.5 Å². The van der Waals surface area contributed by atoms with Gasteiger partial charge in [0.1, 0.15) is 19.0 Å². The normalized spacial score (nSPS) is 27.9. The fourth-order valence-electron chi connectivity index (χ4n) is 4.78. The van der Waals surface area contributed by atoms with E-state index < -0.39 is 0 Å². The van der Waals surface area contributed by atoms with E-state index in [-0.39, 0.29) is 11.8 Å². The second kappa shape index (κ2) is 8.66. The maximum Gasteiger partial charge on any atom is 0.301 e. The first kappa shape index (κ1) is 19.5. The molecule has 3 heterocycles. The van der Waals surface area contributed by atoms with Gasteiger partial charge in [-0.1, -0.05) is 26.2 Å². The van der Waals surface area contributed by atoms with Crippen LogP contribution in [0.4, 0.5) is 0 Å². The Morgan fingerprint density at radius 2 is 2.00 bits per heavy atom. The van der Waals surface area contributed by atoms with Crippen LogP contribution >= 0.6 is 0 Å². The minimum atomic E-state index is 0.0734. The fourth-order valence-corrected chi connectivity index (χ4v) is 4.78. The maximum absolute atomic E-state index is 12.7. The number of hydrogen-bond acceptors (Lipinski definition) is 4. The summed E-state index contributed by atoms with van der Waals surface area (Å²) in [6.45, 7) is 5.58. The van der Waals surface area contributed by atoms with E-state index in [4.69, 9.17) is 5.84 Å². The number of rotatable bonds is 3. The van der Waals surface area contributed by atoms with E-state index in [1.807, 2.05) is 0 Å². The number of nitrogens with zero attached hydrogens (tertiary/aromatic N) is 2. The molecule has 28 heavy (non-hydrogen) atoms. The van der Waals surface area contributed by atoms with E-state index in [2.05, 4.69) is 33.5 Å². The average Bonchev–Trinajstić information content (AvgIpc) is 2.89. The molecule has 0 aromatic carbocycles. The largest absolute Gasteiger partial charge is 0.353 e. The van der Waals surface area contributed by atoms with Crippen LogP contribution in [0.25, 0.3) is 0 Å². The van der Waals surface area contributed by atoms with E-state index in [0.29, 0.717) is 6.04 Å². The lowest BCUT2D eigenvalue weighted by Crippen LogP contribution is -2.58. The van der Waals surface area contributed by atoms with Crippen LogP contribution in [0.3, 0.4) is 0 Å². The molecule has 0 unspecified atom stereocenters. The van der Waals surface area contributed by atoms with Crippen molar-refractivity contribution in [1.82, 2.24) is 21.0 Å². The van der Waals surface area contributed by atoms with E-state index in [1.54, 1.807) is 5.01 Å². The molecule has 154 valence electrons. The predicted octanol–water partition coefficient (Wildman–Crippen LogP) is 1.14. The van der Waals surface area contributed by atoms with Crippen molar-refractivity contribution in [2.75, 3.05) is 26.2 Å². The minimum Gasteiger partial charge on any atom is -0.353 e. The average molecular weight is 388 g/mol. The number of nitrogens with one attached hydrogen (secondary N) is 3. The van der Waals surface area contributed by atoms with Gasteiger partial charge in [0.25, 0.3) is 0 Å². The van der Waals surface area contributed by atoms with Gasteiger partial charge in [-0.2, -0.15) is 5.84 Å². The second-order valence-electron chi connectivity index (χ2n) is 8.47. The monoisotopic (exact) mass is 387 g/mol. The van der Waals surface area contributed by atoms with E-state index in [0.717, 1.165) is 69.9 Å². The summed E-state index contributed by atoms with van der Waals surface area (Å²) in [6.07, 6.45) is 11.1. The zero-order valence-electron chi connectivity index (χ0n) is 17.1. The highest BCUT2D eigenvalue weighted by atomic mass is 16.2. The number of nitrogens with two attached hydrogens (primary N) is 1. The number of amidine groups is 1. The standard InChI is InChI=1S/C21H34N6O/c1-2-6-19-25-18-10-12-23-11-9-17(18)21(27(19)22)26-13-15(14-26)20(28)24-16-7-4-3-5-8-16/h6,15-16,23H,2-5,7-14,22H2,1H3,(H,24,28)/p+1/b19-6-. The summed E-state index contributed by atoms with van der Waals surface area (Å²) in [4.78, 5) is 12.7. The summed E-state index contributed by atoms with van der Waals surface area (Å²) in [5.74, 6) is 8.85. The van der Waals surface area contributed by atoms with Crippen LogP contribution < -0.4 is 21.8 Å². The van der Waals surface area contributed by atoms with Gasteiger partial charge < -0.3 is 16.0 Å². The third kappa shape index (κ3) is 3.96. The Morgan fingerprint density at radius 1 is 1.25 bits per heavy atom. The molecule has 1 saturated heterocycles. The first-order chi connectivity index (χ1) is 13.7. The molecule has 4 rings (SSSR count). The number of amides is 1. The molecule has 7 nitrogen and oxygen atoms in total. The molecule has 3 aliphatic heterocycles. The summed E-state index contributed by atoms with van der Waals surface area (Å²) in [5, 5.41) is 12.1. The SMILES string of the molecule is CC/C=C1/NC2=C(CCNCC2)C(=[N+]2CC(C(=O)NC3CCCCC3)C2)N1N. The van der Waals surface area contributed by atoms with Gasteiger partial charge in [-0.15, -0.1) is 5.01 Å². The summed E-state index contributed by atoms with van der Waals surface area (Å²) in [5.41, 5.74) is 2.57. The Morgan fingerprint density at radius 3 is 2.75 bits per heavy atom. The zero-order chi connectivity index (χ0) is 19.5. The number of carbonyl (C=O) groups is 1. The zero-order valence-corrected chi connectivity index (χ0v) is 17.1. The van der Waals surface area contributed by atoms with Gasteiger partial charge in [0.2, 0.25) is 11.7 Å². The molecular weight excluding hydrogens is 352 g/mol. The van der Waals surface area contributed by atoms with Crippen molar-refractivity contribution in [2.45, 2.75) is 64.3 Å². The lowest BCUT2D eigenvalue weighted by atomic mass is 9.93. The van der Waals surface area contributed by atoms with Crippen molar-refractivity contribution in [1.29, 1.82) is 0 Å². The Balaban J connectivity index is 1.50. The number of allylic oxidation sites excluding steroid dienone is 1. The van der Waals surface area contributed by atoms with Crippen LogP contribution in [0.2, 0.25) is 0 Å². The third-order valence-corrected chi connectivity index (χ3v) is 6.41. The Labute approximate surface area is 168 Å². The van der Waals surface area contributed by atoms with Crippen molar-refractivity contribution in [2.24, 2.45) is 11.8 Å². The van der Waals surface area contributed by atoms with Crippen molar-refractivity contribution >= 4 is 11.7 Å². The molecular formula is C21H35N6O+. The van der Waals surface area contributed by atoms with E-state index in [9.17, 15) is 4.79 Å². The van der Waals surface area contributed by atoms with Gasteiger partial charge in [-0.3, -0.25) is 9.37 Å². The lowest BCUT2D eigenvalue weighted by Gasteiger charge is -2.35. The van der Waals surface area contributed by atoms with Crippen molar-refractivity contribution < 1.29 is 9.37 Å². The Hall–Kier alpha value is -1.86. The first-order valence-corrected chi connectivity index (χ1v) is 11.0. The summed E-state index contributed by atoms with van der Waals surface area (Å²) < 4.78 is 2.29. The third-order valence-electron chi connectivity index (χ3n) is 6.41. The van der Waals surface area contributed by atoms with Crippen molar-refractivity contribution in [3.05, 3.63) is 23.2 Å². The highest BCUT2D eigenvalue weighted by Crippen LogP contribution is 2.26. The molecule has 0 spiro atoms. The van der Waals surface area contributed by atoms with Crippen LogP contribution in [-0.4, -0.2) is 53.5 Å². The highest BCUT2D eigenvalue weighted by Gasteiger charge is 2.42. The molecule has 0 radical (unpaired) electrons. The number of hydrogen-bond donors (Lipinski definition) is 4. The topological polar surface area (TPSA) is 85.4 Å². The van der Waals surface area contributed by atoms with Gasteiger partial charge in [0.05, 0.1) is 5.57 Å². The molecule has 0 bridgehead atoms. The molecule has 5 N–H and O–H groups in total. The van der Waals surface area contributed by atoms with Crippen LogP contribution in [0.5, 0.6) is 0 Å². The molecule has 0 aromatic heterocycles. The summed E-state index contributed by atoms with van der Waals surface area (Å²) in [6, 6.07) is 0.383. The van der Waals surface area contributed by atoms with Crippen LogP contribution in [0, 0.1) is 5.92 Å². The minimum absolute atomic E-state index is 0.0734. The van der Waals surface area contributed by atoms with Crippen molar-refractivity contribution in [3.63, 3.8) is 0 Å². The number of hydrazine groups is 1. The number of carbonyl (C=O) groups excluding carboxylic acids is 1. The fraction of sp³-hybridized carbons (Fsp3) is 0.714. The summed E-state index contributed by atoms with van der Waals surface area (Å²) in [7, 11) is 0. The molecule has 1 saturated carbocycles. The van der Waals surface area contributed by atoms with Gasteiger partial charge in [-0.05, 0) is 38.3 Å². The van der Waals surface area contributed by atoms with Crippen LogP contribution in [-0.2, 0) is 4.79 Å². The maximum atomic E-state index is 12.7. The molecule has 2 fully saturated rings. The Bertz CT molecular complexity index is 696. The molecule has 0 atom stereocenters. The van der Waals surface area contributed by atoms with Crippen LogP contribution in [0.15, 0.2) is 23.2 Å². The second-order valence-corrected chi connectivity index (χ2v) is 8.47. The molecule has 7 heteroatoms. The van der Waals surface area contributed by atoms with Gasteiger partial charge >= 0.3 is 5.84 Å². The highest BCUT2D eigenvalue weighted by molar-refractivity contribution is 5.97. The molecule has 0 aromatic rings. The quantitative estimate of drug-likeness (QED) is 0.431. The van der Waals surface area contributed by atoms with Gasteiger partial charge in [-0.25, -0.2) is 0 Å². The lowest BCUT2D eigenvalue weighted by molar-refractivity contribution is -0.601. The molecule has 1 aliphatic carbocycles. The Kier molecular flexibility index (Phi) is 6.01.